The molecule has 0 aliphatic rings. The zero-order valence-electron chi connectivity index (χ0n) is 40.7. The van der Waals surface area contributed by atoms with E-state index in [1.165, 1.54) is 84.9 Å². The molecule has 24 nitrogen and oxygen atoms in total. The Balaban J connectivity index is 0.00000492. The van der Waals surface area contributed by atoms with Crippen molar-refractivity contribution in [3.63, 3.8) is 0 Å². The summed E-state index contributed by atoms with van der Waals surface area (Å²) in [5.74, 6) is -4.01. The fourth-order valence-electron chi connectivity index (χ4n) is 7.07. The molecule has 0 aliphatic carbocycles. The van der Waals surface area contributed by atoms with E-state index >= 15 is 0 Å². The number of aliphatic imine (C=N–C) groups is 2. The summed E-state index contributed by atoms with van der Waals surface area (Å²) in [7, 11) is -17.7. The van der Waals surface area contributed by atoms with Crippen LogP contribution in [0.25, 0.3) is 21.5 Å². The fraction of sp³-hybridized carbons (Fsp3) is 0.0417. The van der Waals surface area contributed by atoms with Gasteiger partial charge >= 0.3 is 59.1 Å². The van der Waals surface area contributed by atoms with Crippen molar-refractivity contribution in [3.8, 4) is 23.0 Å². The third-order valence-electron chi connectivity index (χ3n) is 10.9. The molecule has 0 aromatic heterocycles. The molecule has 8 aromatic rings. The first-order chi connectivity index (χ1) is 35.6. The number of aromatic hydroxyl groups is 2. The molecule has 0 atom stereocenters. The molecule has 0 heterocycles. The Bertz CT molecular complexity index is 4080. The van der Waals surface area contributed by atoms with Crippen molar-refractivity contribution < 1.29 is 133 Å². The molecule has 0 radical (unpaired) electrons. The topological polar surface area (TPSA) is 403 Å². The first-order valence-electron chi connectivity index (χ1n) is 21.2. The Morgan fingerprint density at radius 2 is 0.756 bits per heavy atom. The Labute approximate surface area is 487 Å². The van der Waals surface area contributed by atoms with Gasteiger partial charge in [0.2, 0.25) is 11.8 Å². The van der Waals surface area contributed by atoms with Crippen LogP contribution < -0.4 is 69.3 Å². The molecule has 8 aromatic carbocycles. The van der Waals surface area contributed by atoms with Crippen molar-refractivity contribution in [3.05, 3.63) is 145 Å². The maximum Gasteiger partial charge on any atom is 1.00 e. The molecule has 0 aliphatic heterocycles. The van der Waals surface area contributed by atoms with Gasteiger partial charge in [-0.05, 0) is 132 Å². The number of aliphatic hydroxyl groups excluding tert-OH is 2. The number of hydrogen-bond donors (Lipinski definition) is 6. The van der Waals surface area contributed by atoms with Crippen LogP contribution in [0, 0.1) is 0 Å². The molecular weight excluding hydrogens is 1120 g/mol. The number of hydrogen-bond acceptors (Lipinski definition) is 20. The quantitative estimate of drug-likeness (QED) is 0.0299. The second-order valence-corrected chi connectivity index (χ2v) is 23.1. The van der Waals surface area contributed by atoms with E-state index in [0.29, 0.717) is 11.4 Å². The van der Waals surface area contributed by atoms with Crippen LogP contribution in [0.4, 0.5) is 45.5 Å². The molecule has 0 unspecified atom stereocenters. The molecule has 0 saturated heterocycles. The van der Waals surface area contributed by atoms with E-state index in [1.54, 1.807) is 0 Å². The number of nitrogens with zero attached hydrogens (tertiary/aromatic N) is 8. The first-order valence-corrected chi connectivity index (χ1v) is 27.9. The first kappa shape index (κ1) is 60.2. The van der Waals surface area contributed by atoms with Gasteiger partial charge in [0.25, 0.3) is 20.2 Å². The Morgan fingerprint density at radius 3 is 1.08 bits per heavy atom. The van der Waals surface area contributed by atoms with E-state index in [9.17, 15) is 73.4 Å². The molecule has 0 amide bonds. The predicted molar refractivity (Wildman–Crippen MR) is 272 cm³/mol. The number of phenolic OH excluding ortho intramolecular Hbond substituents is 2. The maximum absolute atomic E-state index is 12.4. The van der Waals surface area contributed by atoms with Crippen LogP contribution in [0.15, 0.2) is 194 Å². The van der Waals surface area contributed by atoms with E-state index in [4.69, 9.17) is 0 Å². The third-order valence-corrected chi connectivity index (χ3v) is 14.8. The smallest absolute Gasteiger partial charge is 0.871 e. The van der Waals surface area contributed by atoms with Gasteiger partial charge in [0.1, 0.15) is 21.2 Å². The number of sulfone groups is 2. The summed E-state index contributed by atoms with van der Waals surface area (Å²) >= 11 is 0. The van der Waals surface area contributed by atoms with Crippen molar-refractivity contribution in [1.29, 1.82) is 0 Å². The van der Waals surface area contributed by atoms with Gasteiger partial charge in [-0.3, -0.25) is 9.11 Å². The maximum atomic E-state index is 12.4. The van der Waals surface area contributed by atoms with Crippen molar-refractivity contribution >= 4 is 119 Å². The standard InChI is InChI=1S/C48H36N8O16S4.2Na/c1-73(63,64)33-13-17-39(57)37(23-33)53-55-43-41(75(67,68)69)21-27-19-31(11-15-35(27)45(43)59)49-47(61)25-3-7-29(8-4-25)51-52-30-9-5-26(6-10-30)48(62)50-32-12-16-36-28(20-32)22-42(76(70,71)72)44(46(36)60)56-54-38-24-34(74(2,65)66)14-18-40(38)58;;/h3-24,57-60H,1-2H3,(H,49,61)(H,50,62)(H,67,68,69)(H,70,71,72);;/q;2*+1/p-2. The SMILES string of the molecule is CS(=O)(=O)c1ccc([O-])c(N=Nc2c(S(=O)(=O)O)cc3cc(N=C(O)c4ccc(N=Nc5ccc(C(O)=Nc6ccc7c(O)c(N=Nc8cc(S(C)(=O)=O)ccc8[O-])c(S(=O)(=O)O)cc7c6)cc5)cc4)ccc3c2O)c1.[Na+].[Na+]. The van der Waals surface area contributed by atoms with E-state index in [0.717, 1.165) is 61.0 Å². The van der Waals surface area contributed by atoms with Gasteiger partial charge < -0.3 is 30.6 Å². The minimum Gasteiger partial charge on any atom is -0.871 e. The third kappa shape index (κ3) is 13.8. The van der Waals surface area contributed by atoms with Gasteiger partial charge in [0.05, 0.1) is 43.9 Å². The molecule has 0 bridgehead atoms. The minimum absolute atomic E-state index is 0. The van der Waals surface area contributed by atoms with Gasteiger partial charge in [-0.2, -0.15) is 37.3 Å². The fourth-order valence-corrected chi connectivity index (χ4v) is 9.66. The summed E-state index contributed by atoms with van der Waals surface area (Å²) in [5.41, 5.74) is -1.17. The number of benzene rings is 8. The van der Waals surface area contributed by atoms with Gasteiger partial charge in [-0.25, -0.2) is 26.8 Å². The molecule has 388 valence electrons. The number of fused-ring (bicyclic) bond motifs is 2. The van der Waals surface area contributed by atoms with Crippen LogP contribution in [0.1, 0.15) is 11.1 Å². The summed E-state index contributed by atoms with van der Waals surface area (Å²) in [6.07, 6.45) is 1.79. The van der Waals surface area contributed by atoms with Crippen LogP contribution in [-0.2, 0) is 39.9 Å². The number of rotatable bonds is 14. The van der Waals surface area contributed by atoms with Crippen LogP contribution in [0.2, 0.25) is 0 Å². The average Bonchev–Trinajstić information content (AvgIpc) is 3.34. The molecule has 8 rings (SSSR count). The Hall–Kier alpha value is -7.06. The van der Waals surface area contributed by atoms with Crippen LogP contribution in [-0.4, -0.2) is 87.5 Å². The predicted octanol–water partition coefficient (Wildman–Crippen LogP) is 3.38. The normalized spacial score (nSPS) is 12.9. The van der Waals surface area contributed by atoms with Crippen LogP contribution in [0.5, 0.6) is 23.0 Å². The summed E-state index contributed by atoms with van der Waals surface area (Å²) < 4.78 is 118. The van der Waals surface area contributed by atoms with Gasteiger partial charge in [-0.15, -0.1) is 10.2 Å². The number of azo groups is 3. The average molecular weight is 1150 g/mol. The largest absolute Gasteiger partial charge is 1.00 e. The Morgan fingerprint density at radius 1 is 0.423 bits per heavy atom. The second-order valence-electron chi connectivity index (χ2n) is 16.3. The zero-order chi connectivity index (χ0) is 55.1. The second kappa shape index (κ2) is 23.5. The molecule has 6 N–H and O–H groups in total. The summed E-state index contributed by atoms with van der Waals surface area (Å²) in [4.78, 5) is 5.98. The van der Waals surface area contributed by atoms with Gasteiger partial charge in [0.15, 0.2) is 31.2 Å². The molecule has 0 saturated carbocycles. The van der Waals surface area contributed by atoms with Crippen molar-refractivity contribution in [2.45, 2.75) is 19.6 Å². The summed E-state index contributed by atoms with van der Waals surface area (Å²) in [6.45, 7) is 0. The monoisotopic (exact) mass is 1150 g/mol. The van der Waals surface area contributed by atoms with Crippen molar-refractivity contribution in [2.75, 3.05) is 12.5 Å². The Kier molecular flexibility index (Phi) is 18.1. The number of aliphatic hydroxyl groups is 2. The molecular formula is C48H34N8Na2O16S4. The van der Waals surface area contributed by atoms with Crippen LogP contribution >= 0.6 is 0 Å². The van der Waals surface area contributed by atoms with E-state index in [2.05, 4.69) is 40.7 Å². The zero-order valence-corrected chi connectivity index (χ0v) is 47.9. The summed E-state index contributed by atoms with van der Waals surface area (Å²) in [6, 6.07) is 27.6. The van der Waals surface area contributed by atoms with E-state index in [-0.39, 0.29) is 113 Å². The molecule has 0 spiro atoms. The van der Waals surface area contributed by atoms with Crippen molar-refractivity contribution in [2.24, 2.45) is 40.7 Å². The van der Waals surface area contributed by atoms with Crippen LogP contribution in [0.3, 0.4) is 0 Å². The van der Waals surface area contributed by atoms with E-state index in [1.807, 2.05) is 0 Å². The molecule has 78 heavy (non-hydrogen) atoms. The van der Waals surface area contributed by atoms with Gasteiger partial charge in [0, 0.05) is 34.4 Å². The minimum atomic E-state index is -5.08. The van der Waals surface area contributed by atoms with E-state index < -0.39 is 107 Å². The summed E-state index contributed by atoms with van der Waals surface area (Å²) in [5, 5.41) is 91.6. The number of phenols is 2. The molecule has 30 heteroatoms. The van der Waals surface area contributed by atoms with Gasteiger partial charge in [-0.1, -0.05) is 23.6 Å². The molecule has 0 fully saturated rings. The van der Waals surface area contributed by atoms with Crippen molar-refractivity contribution in [1.82, 2.24) is 0 Å².